The maximum Gasteiger partial charge on any atom is 0.0541 e. The Morgan fingerprint density at radius 1 is 0.365 bits per heavy atom. The van der Waals surface area contributed by atoms with E-state index < -0.39 is 0 Å². The van der Waals surface area contributed by atoms with Gasteiger partial charge >= 0.3 is 0 Å². The van der Waals surface area contributed by atoms with Gasteiger partial charge in [-0.1, -0.05) is 109 Å². The van der Waals surface area contributed by atoms with Crippen LogP contribution in [0.4, 0.5) is 0 Å². The molecular formula is C49H32N2S. The van der Waals surface area contributed by atoms with Crippen molar-refractivity contribution in [2.24, 2.45) is 0 Å². The molecule has 3 aromatic heterocycles. The minimum atomic E-state index is 1.17. The Hall–Kier alpha value is -6.42. The van der Waals surface area contributed by atoms with E-state index in [1.807, 2.05) is 11.3 Å². The minimum absolute atomic E-state index is 1.17. The van der Waals surface area contributed by atoms with Crippen LogP contribution in [0.3, 0.4) is 0 Å². The van der Waals surface area contributed by atoms with Gasteiger partial charge in [0.2, 0.25) is 0 Å². The SMILES string of the molecule is Cc1ccc(-n2c3ccccc3c3cc(-c4ccc5c(c4)c4cc(-c6cccc7c6sc6ccccc67)ccc4n5-c4ccccc4)ccc32)cc1. The summed E-state index contributed by atoms with van der Waals surface area (Å²) in [6, 6.07) is 64.9. The van der Waals surface area contributed by atoms with E-state index in [-0.39, 0.29) is 0 Å². The molecule has 0 spiro atoms. The van der Waals surface area contributed by atoms with Gasteiger partial charge in [-0.25, -0.2) is 0 Å². The van der Waals surface area contributed by atoms with E-state index in [4.69, 9.17) is 0 Å². The number of rotatable bonds is 4. The molecule has 0 aliphatic heterocycles. The third kappa shape index (κ3) is 4.36. The molecule has 3 heterocycles. The van der Waals surface area contributed by atoms with E-state index in [0.29, 0.717) is 0 Å². The average Bonchev–Trinajstić information content (AvgIpc) is 3.85. The Bertz CT molecular complexity index is 3180. The van der Waals surface area contributed by atoms with Crippen LogP contribution in [0.1, 0.15) is 5.56 Å². The van der Waals surface area contributed by atoms with E-state index in [2.05, 4.69) is 192 Å². The first-order valence-corrected chi connectivity index (χ1v) is 18.7. The first-order chi connectivity index (χ1) is 25.7. The Labute approximate surface area is 305 Å². The highest BCUT2D eigenvalue weighted by molar-refractivity contribution is 7.26. The van der Waals surface area contributed by atoms with Gasteiger partial charge in [0.1, 0.15) is 0 Å². The summed E-state index contributed by atoms with van der Waals surface area (Å²) >= 11 is 1.89. The molecule has 0 saturated heterocycles. The van der Waals surface area contributed by atoms with E-state index >= 15 is 0 Å². The fraction of sp³-hybridized carbons (Fsp3) is 0.0204. The quantitative estimate of drug-likeness (QED) is 0.175. The second-order valence-corrected chi connectivity index (χ2v) is 14.9. The maximum atomic E-state index is 2.42. The van der Waals surface area contributed by atoms with E-state index in [1.54, 1.807) is 0 Å². The van der Waals surface area contributed by atoms with Crippen molar-refractivity contribution in [1.29, 1.82) is 0 Å². The van der Waals surface area contributed by atoms with Crippen LogP contribution in [0.5, 0.6) is 0 Å². The number of aromatic nitrogens is 2. The monoisotopic (exact) mass is 680 g/mol. The van der Waals surface area contributed by atoms with Gasteiger partial charge in [0.15, 0.2) is 0 Å². The van der Waals surface area contributed by atoms with Gasteiger partial charge < -0.3 is 9.13 Å². The molecule has 3 heteroatoms. The maximum absolute atomic E-state index is 2.42. The molecule has 11 aromatic rings. The Balaban J connectivity index is 1.13. The summed E-state index contributed by atoms with van der Waals surface area (Å²) < 4.78 is 7.48. The fourth-order valence-electron chi connectivity index (χ4n) is 8.32. The zero-order chi connectivity index (χ0) is 34.3. The van der Waals surface area contributed by atoms with Crippen molar-refractivity contribution in [3.63, 3.8) is 0 Å². The second-order valence-electron chi connectivity index (χ2n) is 13.8. The molecule has 0 aliphatic carbocycles. The molecule has 0 atom stereocenters. The molecule has 0 aliphatic rings. The van der Waals surface area contributed by atoms with Crippen LogP contribution in [-0.2, 0) is 0 Å². The van der Waals surface area contributed by atoms with E-state index in [0.717, 1.165) is 0 Å². The average molecular weight is 681 g/mol. The van der Waals surface area contributed by atoms with Crippen molar-refractivity contribution in [3.8, 4) is 33.6 Å². The zero-order valence-corrected chi connectivity index (χ0v) is 29.4. The Kier molecular flexibility index (Phi) is 6.37. The van der Waals surface area contributed by atoms with Crippen LogP contribution in [-0.4, -0.2) is 9.13 Å². The summed E-state index contributed by atoms with van der Waals surface area (Å²) in [5.41, 5.74) is 13.4. The van der Waals surface area contributed by atoms with Crippen molar-refractivity contribution in [1.82, 2.24) is 9.13 Å². The van der Waals surface area contributed by atoms with Crippen molar-refractivity contribution in [2.45, 2.75) is 6.92 Å². The number of fused-ring (bicyclic) bond motifs is 9. The lowest BCUT2D eigenvalue weighted by Crippen LogP contribution is -1.93. The third-order valence-electron chi connectivity index (χ3n) is 10.8. The first kappa shape index (κ1) is 29.3. The van der Waals surface area contributed by atoms with Crippen LogP contribution < -0.4 is 0 Å². The lowest BCUT2D eigenvalue weighted by atomic mass is 9.98. The number of hydrogen-bond donors (Lipinski definition) is 0. The van der Waals surface area contributed by atoms with Gasteiger partial charge in [-0.05, 0) is 102 Å². The first-order valence-electron chi connectivity index (χ1n) is 17.8. The van der Waals surface area contributed by atoms with Crippen LogP contribution >= 0.6 is 11.3 Å². The van der Waals surface area contributed by atoms with Crippen molar-refractivity contribution < 1.29 is 0 Å². The lowest BCUT2D eigenvalue weighted by molar-refractivity contribution is 1.17. The highest BCUT2D eigenvalue weighted by Crippen LogP contribution is 2.43. The molecule has 0 radical (unpaired) electrons. The number of thiophene rings is 1. The highest BCUT2D eigenvalue weighted by atomic mass is 32.1. The van der Waals surface area contributed by atoms with Gasteiger partial charge in [-0.15, -0.1) is 11.3 Å². The smallest absolute Gasteiger partial charge is 0.0541 e. The predicted molar refractivity (Wildman–Crippen MR) is 224 cm³/mol. The number of aryl methyl sites for hydroxylation is 1. The van der Waals surface area contributed by atoms with Crippen LogP contribution in [0.2, 0.25) is 0 Å². The molecule has 0 unspecified atom stereocenters. The van der Waals surface area contributed by atoms with Crippen molar-refractivity contribution in [2.75, 3.05) is 0 Å². The summed E-state index contributed by atoms with van der Waals surface area (Å²) in [7, 11) is 0. The van der Waals surface area contributed by atoms with Gasteiger partial charge in [0.05, 0.1) is 22.1 Å². The minimum Gasteiger partial charge on any atom is -0.309 e. The second kappa shape index (κ2) is 11.3. The summed E-state index contributed by atoms with van der Waals surface area (Å²) in [6.45, 7) is 2.14. The summed E-state index contributed by atoms with van der Waals surface area (Å²) in [5, 5.41) is 7.69. The number of benzene rings is 8. The third-order valence-corrected chi connectivity index (χ3v) is 12.0. The molecule has 11 rings (SSSR count). The van der Waals surface area contributed by atoms with Crippen LogP contribution in [0.25, 0.3) is 97.4 Å². The van der Waals surface area contributed by atoms with Crippen LogP contribution in [0.15, 0.2) is 176 Å². The Morgan fingerprint density at radius 3 is 1.60 bits per heavy atom. The van der Waals surface area contributed by atoms with Crippen LogP contribution in [0, 0.1) is 6.92 Å². The van der Waals surface area contributed by atoms with Crippen molar-refractivity contribution >= 4 is 75.1 Å². The van der Waals surface area contributed by atoms with Gasteiger partial charge in [-0.3, -0.25) is 0 Å². The van der Waals surface area contributed by atoms with E-state index in [9.17, 15) is 0 Å². The molecule has 0 amide bonds. The topological polar surface area (TPSA) is 9.86 Å². The fourth-order valence-corrected chi connectivity index (χ4v) is 9.56. The molecule has 0 fully saturated rings. The summed E-state index contributed by atoms with van der Waals surface area (Å²) in [4.78, 5) is 0. The normalized spacial score (nSPS) is 11.9. The zero-order valence-electron chi connectivity index (χ0n) is 28.5. The molecular weight excluding hydrogens is 649 g/mol. The number of nitrogens with zero attached hydrogens (tertiary/aromatic N) is 2. The Morgan fingerprint density at radius 2 is 0.885 bits per heavy atom. The molecule has 0 saturated carbocycles. The standard InChI is InChI=1S/C49H32N2S/c1-31-18-23-36(24-19-31)51-44-16-7-5-12-38(44)41-28-32(20-25-45(41)51)33-21-26-46-42(29-33)43-30-34(22-27-47(43)50(46)35-10-3-2-4-11-35)37-14-9-15-40-39-13-6-8-17-48(39)52-49(37)40/h2-30H,1H3. The molecule has 244 valence electrons. The molecule has 0 N–H and O–H groups in total. The van der Waals surface area contributed by atoms with Gasteiger partial charge in [-0.2, -0.15) is 0 Å². The van der Waals surface area contributed by atoms with E-state index in [1.165, 1.54) is 103 Å². The number of hydrogen-bond acceptors (Lipinski definition) is 1. The number of para-hydroxylation sites is 2. The van der Waals surface area contributed by atoms with Crippen molar-refractivity contribution in [3.05, 3.63) is 181 Å². The van der Waals surface area contributed by atoms with Gasteiger partial charge in [0.25, 0.3) is 0 Å². The highest BCUT2D eigenvalue weighted by Gasteiger charge is 2.18. The largest absolute Gasteiger partial charge is 0.309 e. The summed E-state index contributed by atoms with van der Waals surface area (Å²) in [6.07, 6.45) is 0. The predicted octanol–water partition coefficient (Wildman–Crippen LogP) is 13.9. The molecule has 8 aromatic carbocycles. The lowest BCUT2D eigenvalue weighted by Gasteiger charge is -2.09. The summed E-state index contributed by atoms with van der Waals surface area (Å²) in [5.74, 6) is 0. The molecule has 0 bridgehead atoms. The van der Waals surface area contributed by atoms with Gasteiger partial charge in [0, 0.05) is 53.1 Å². The molecule has 2 nitrogen and oxygen atoms in total. The molecule has 52 heavy (non-hydrogen) atoms.